The smallest absolute Gasteiger partial charge is 0.138 e. The lowest BCUT2D eigenvalue weighted by molar-refractivity contribution is 0.0888. The maximum atomic E-state index is 10.2. The molecule has 1 unspecified atom stereocenters. The molecule has 1 N–H and O–H groups in total. The molecule has 0 radical (unpaired) electrons. The van der Waals surface area contributed by atoms with Crippen LogP contribution in [0.1, 0.15) is 11.4 Å². The van der Waals surface area contributed by atoms with Gasteiger partial charge in [-0.25, -0.2) is 0 Å². The summed E-state index contributed by atoms with van der Waals surface area (Å²) in [5, 5.41) is 17.2. The van der Waals surface area contributed by atoms with Gasteiger partial charge in [-0.3, -0.25) is 4.68 Å². The fourth-order valence-electron chi connectivity index (χ4n) is 2.62. The van der Waals surface area contributed by atoms with Gasteiger partial charge in [-0.1, -0.05) is 41.9 Å². The fourth-order valence-corrected chi connectivity index (χ4v) is 3.19. The number of hydrogen-bond donors (Lipinski definition) is 1. The Morgan fingerprint density at radius 1 is 1.25 bits per heavy atom. The number of benzene rings is 2. The third-order valence-corrected chi connectivity index (χ3v) is 5.47. The lowest BCUT2D eigenvalue weighted by Crippen LogP contribution is -2.24. The van der Waals surface area contributed by atoms with Crippen LogP contribution < -0.4 is 4.74 Å². The summed E-state index contributed by atoms with van der Waals surface area (Å²) >= 11 is 9.89. The molecule has 0 aliphatic carbocycles. The molecular weight excluding hydrogens is 392 g/mol. The van der Waals surface area contributed by atoms with Crippen LogP contribution in [0.4, 0.5) is 0 Å². The lowest BCUT2D eigenvalue weighted by Gasteiger charge is -2.15. The van der Waals surface area contributed by atoms with E-state index in [-0.39, 0.29) is 6.61 Å². The highest BCUT2D eigenvalue weighted by Crippen LogP contribution is 2.32. The van der Waals surface area contributed by atoms with Gasteiger partial charge >= 0.3 is 0 Å². The molecule has 6 heteroatoms. The SMILES string of the molecule is Cc1nn(CC(O)COc2ccc3ccccc3c2Cl)c(C)c1Br. The van der Waals surface area contributed by atoms with Crippen LogP contribution in [0.3, 0.4) is 0 Å². The number of nitrogens with zero attached hydrogens (tertiary/aromatic N) is 2. The highest BCUT2D eigenvalue weighted by Gasteiger charge is 2.14. The van der Waals surface area contributed by atoms with Gasteiger partial charge in [0.1, 0.15) is 18.5 Å². The molecule has 3 rings (SSSR count). The van der Waals surface area contributed by atoms with Crippen molar-refractivity contribution in [3.8, 4) is 5.75 Å². The van der Waals surface area contributed by atoms with Crippen molar-refractivity contribution in [2.45, 2.75) is 26.5 Å². The molecule has 0 fully saturated rings. The van der Waals surface area contributed by atoms with E-state index in [4.69, 9.17) is 16.3 Å². The van der Waals surface area contributed by atoms with Crippen molar-refractivity contribution in [3.05, 3.63) is 57.3 Å². The van der Waals surface area contributed by atoms with Crippen molar-refractivity contribution >= 4 is 38.3 Å². The maximum absolute atomic E-state index is 10.2. The zero-order valence-electron chi connectivity index (χ0n) is 13.5. The first kappa shape index (κ1) is 17.3. The van der Waals surface area contributed by atoms with Gasteiger partial charge in [0.05, 0.1) is 21.7 Å². The molecule has 0 spiro atoms. The van der Waals surface area contributed by atoms with Crippen molar-refractivity contribution in [1.82, 2.24) is 9.78 Å². The Morgan fingerprint density at radius 3 is 2.71 bits per heavy atom. The summed E-state index contributed by atoms with van der Waals surface area (Å²) in [6.45, 7) is 4.39. The average Bonchev–Trinajstić information content (AvgIpc) is 2.81. The first-order valence-electron chi connectivity index (χ1n) is 7.65. The van der Waals surface area contributed by atoms with Crippen LogP contribution in [-0.2, 0) is 6.54 Å². The number of aromatic nitrogens is 2. The molecule has 0 aliphatic heterocycles. The second-order valence-electron chi connectivity index (χ2n) is 5.73. The van der Waals surface area contributed by atoms with E-state index in [2.05, 4.69) is 21.0 Å². The summed E-state index contributed by atoms with van der Waals surface area (Å²) in [6, 6.07) is 11.6. The molecule has 0 saturated carbocycles. The normalized spacial score (nSPS) is 12.5. The molecule has 126 valence electrons. The van der Waals surface area contributed by atoms with Crippen LogP contribution in [0.25, 0.3) is 10.8 Å². The van der Waals surface area contributed by atoms with E-state index in [9.17, 15) is 5.11 Å². The van der Waals surface area contributed by atoms with Crippen molar-refractivity contribution in [2.75, 3.05) is 6.61 Å². The van der Waals surface area contributed by atoms with E-state index < -0.39 is 6.10 Å². The Balaban J connectivity index is 1.69. The minimum absolute atomic E-state index is 0.147. The molecule has 0 bridgehead atoms. The topological polar surface area (TPSA) is 47.3 Å². The summed E-state index contributed by atoms with van der Waals surface area (Å²) in [6.07, 6.45) is -0.683. The second kappa shape index (κ2) is 7.13. The number of aliphatic hydroxyl groups excluding tert-OH is 1. The molecular formula is C18H18BrClN2O2. The van der Waals surface area contributed by atoms with E-state index in [0.717, 1.165) is 26.6 Å². The largest absolute Gasteiger partial charge is 0.489 e. The number of aliphatic hydroxyl groups is 1. The van der Waals surface area contributed by atoms with Crippen LogP contribution in [0.5, 0.6) is 5.75 Å². The van der Waals surface area contributed by atoms with Crippen LogP contribution in [0.2, 0.25) is 5.02 Å². The van der Waals surface area contributed by atoms with Gasteiger partial charge in [-0.05, 0) is 41.2 Å². The first-order chi connectivity index (χ1) is 11.5. The predicted octanol–water partition coefficient (Wildman–Crippen LogP) is 4.51. The molecule has 3 aromatic rings. The minimum Gasteiger partial charge on any atom is -0.489 e. The number of hydrogen-bond acceptors (Lipinski definition) is 3. The average molecular weight is 410 g/mol. The molecule has 2 aromatic carbocycles. The van der Waals surface area contributed by atoms with Crippen LogP contribution in [-0.4, -0.2) is 27.6 Å². The quantitative estimate of drug-likeness (QED) is 0.674. The number of ether oxygens (including phenoxy) is 1. The molecule has 1 heterocycles. The van der Waals surface area contributed by atoms with Crippen LogP contribution >= 0.6 is 27.5 Å². The predicted molar refractivity (Wildman–Crippen MR) is 99.9 cm³/mol. The van der Waals surface area contributed by atoms with E-state index in [0.29, 0.717) is 17.3 Å². The minimum atomic E-state index is -0.683. The van der Waals surface area contributed by atoms with Crippen LogP contribution in [0.15, 0.2) is 40.9 Å². The second-order valence-corrected chi connectivity index (χ2v) is 6.90. The Kier molecular flexibility index (Phi) is 5.13. The van der Waals surface area contributed by atoms with Crippen LogP contribution in [0, 0.1) is 13.8 Å². The molecule has 0 aliphatic rings. The molecule has 24 heavy (non-hydrogen) atoms. The van der Waals surface area contributed by atoms with Crippen molar-refractivity contribution < 1.29 is 9.84 Å². The number of aryl methyl sites for hydroxylation is 1. The zero-order valence-corrected chi connectivity index (χ0v) is 15.8. The van der Waals surface area contributed by atoms with Gasteiger partial charge in [0.25, 0.3) is 0 Å². The molecule has 0 amide bonds. The number of fused-ring (bicyclic) bond motifs is 1. The lowest BCUT2D eigenvalue weighted by atomic mass is 10.1. The third-order valence-electron chi connectivity index (χ3n) is 3.94. The highest BCUT2D eigenvalue weighted by atomic mass is 79.9. The molecule has 0 saturated heterocycles. The van der Waals surface area contributed by atoms with E-state index in [1.54, 1.807) is 4.68 Å². The van der Waals surface area contributed by atoms with E-state index in [1.807, 2.05) is 50.2 Å². The van der Waals surface area contributed by atoms with Crippen molar-refractivity contribution in [2.24, 2.45) is 0 Å². The summed E-state index contributed by atoms with van der Waals surface area (Å²) in [4.78, 5) is 0. The number of halogens is 2. The molecule has 1 atom stereocenters. The van der Waals surface area contributed by atoms with Gasteiger partial charge in [0.2, 0.25) is 0 Å². The summed E-state index contributed by atoms with van der Waals surface area (Å²) < 4.78 is 8.46. The summed E-state index contributed by atoms with van der Waals surface area (Å²) in [5.41, 5.74) is 1.88. The Morgan fingerprint density at radius 2 is 2.00 bits per heavy atom. The van der Waals surface area contributed by atoms with Crippen molar-refractivity contribution in [3.63, 3.8) is 0 Å². The van der Waals surface area contributed by atoms with Gasteiger partial charge in [0.15, 0.2) is 0 Å². The first-order valence-corrected chi connectivity index (χ1v) is 8.82. The molecule has 1 aromatic heterocycles. The van der Waals surface area contributed by atoms with Gasteiger partial charge in [-0.15, -0.1) is 0 Å². The maximum Gasteiger partial charge on any atom is 0.138 e. The zero-order chi connectivity index (χ0) is 17.3. The van der Waals surface area contributed by atoms with E-state index in [1.165, 1.54) is 0 Å². The number of rotatable bonds is 5. The van der Waals surface area contributed by atoms with Crippen molar-refractivity contribution in [1.29, 1.82) is 0 Å². The summed E-state index contributed by atoms with van der Waals surface area (Å²) in [5.74, 6) is 0.573. The third kappa shape index (κ3) is 3.43. The molecule has 4 nitrogen and oxygen atoms in total. The van der Waals surface area contributed by atoms with E-state index >= 15 is 0 Å². The van der Waals surface area contributed by atoms with Gasteiger partial charge in [0, 0.05) is 11.1 Å². The monoisotopic (exact) mass is 408 g/mol. The van der Waals surface area contributed by atoms with Gasteiger partial charge < -0.3 is 9.84 Å². The summed E-state index contributed by atoms with van der Waals surface area (Å²) in [7, 11) is 0. The Labute approximate surface area is 154 Å². The Hall–Kier alpha value is -1.56. The van der Waals surface area contributed by atoms with Gasteiger partial charge in [-0.2, -0.15) is 5.10 Å². The standard InChI is InChI=1S/C18H18BrClN2O2/c1-11-17(19)12(2)22(21-11)9-14(23)10-24-16-8-7-13-5-3-4-6-15(13)18(16)20/h3-8,14,23H,9-10H2,1-2H3. The fraction of sp³-hybridized carbons (Fsp3) is 0.278. The highest BCUT2D eigenvalue weighted by molar-refractivity contribution is 9.10. The Bertz CT molecular complexity index is 879.